The number of nitrogens with zero attached hydrogens (tertiary/aromatic N) is 2. The molecule has 3 aromatic rings. The molecule has 5 nitrogen and oxygen atoms in total. The lowest BCUT2D eigenvalue weighted by Gasteiger charge is -2.12. The zero-order valence-corrected chi connectivity index (χ0v) is 13.4. The van der Waals surface area contributed by atoms with E-state index in [9.17, 15) is 4.39 Å². The molecular weight excluding hydrogens is 307 g/mol. The molecule has 0 aliphatic rings. The maximum absolute atomic E-state index is 13.3. The van der Waals surface area contributed by atoms with Crippen molar-refractivity contribution in [2.75, 3.05) is 30.9 Å². The van der Waals surface area contributed by atoms with Gasteiger partial charge in [-0.05, 0) is 36.8 Å². The molecule has 0 aliphatic carbocycles. The summed E-state index contributed by atoms with van der Waals surface area (Å²) in [6.07, 6.45) is 0.876. The second-order valence-electron chi connectivity index (χ2n) is 5.32. The molecule has 1 aromatic heterocycles. The van der Waals surface area contributed by atoms with Crippen LogP contribution in [0, 0.1) is 5.82 Å². The van der Waals surface area contributed by atoms with Crippen LogP contribution in [0.1, 0.15) is 6.42 Å². The molecule has 0 amide bonds. The van der Waals surface area contributed by atoms with Gasteiger partial charge in [0, 0.05) is 31.3 Å². The summed E-state index contributed by atoms with van der Waals surface area (Å²) < 4.78 is 18.4. The molecule has 2 aromatic carbocycles. The Balaban J connectivity index is 1.88. The average molecular weight is 326 g/mol. The summed E-state index contributed by atoms with van der Waals surface area (Å²) in [6, 6.07) is 14.0. The van der Waals surface area contributed by atoms with Gasteiger partial charge in [0.2, 0.25) is 5.95 Å². The highest BCUT2D eigenvalue weighted by atomic mass is 19.1. The van der Waals surface area contributed by atoms with Gasteiger partial charge in [-0.1, -0.05) is 18.2 Å². The molecule has 1 heterocycles. The number of benzene rings is 2. The Bertz CT molecular complexity index is 825. The van der Waals surface area contributed by atoms with Crippen LogP contribution in [-0.4, -0.2) is 30.2 Å². The minimum absolute atomic E-state index is 0.307. The summed E-state index contributed by atoms with van der Waals surface area (Å²) >= 11 is 0. The number of para-hydroxylation sites is 1. The van der Waals surface area contributed by atoms with Crippen molar-refractivity contribution in [2.45, 2.75) is 6.42 Å². The van der Waals surface area contributed by atoms with E-state index in [-0.39, 0.29) is 5.82 Å². The van der Waals surface area contributed by atoms with Gasteiger partial charge >= 0.3 is 0 Å². The Hall–Kier alpha value is -2.73. The van der Waals surface area contributed by atoms with E-state index in [1.807, 2.05) is 24.3 Å². The molecule has 0 fully saturated rings. The molecule has 0 spiro atoms. The van der Waals surface area contributed by atoms with E-state index in [0.29, 0.717) is 18.2 Å². The maximum atomic E-state index is 13.3. The van der Waals surface area contributed by atoms with Crippen LogP contribution in [0.5, 0.6) is 0 Å². The largest absolute Gasteiger partial charge is 0.385 e. The predicted octanol–water partition coefficient (Wildman–Crippen LogP) is 3.96. The molecule has 0 atom stereocenters. The van der Waals surface area contributed by atoms with Crippen LogP contribution in [0.4, 0.5) is 21.8 Å². The summed E-state index contributed by atoms with van der Waals surface area (Å²) in [5.41, 5.74) is 1.43. The highest BCUT2D eigenvalue weighted by Crippen LogP contribution is 2.23. The van der Waals surface area contributed by atoms with Crippen molar-refractivity contribution in [3.8, 4) is 0 Å². The lowest BCUT2D eigenvalue weighted by Crippen LogP contribution is -2.08. The number of ether oxygens (including phenoxy) is 1. The van der Waals surface area contributed by atoms with E-state index < -0.39 is 0 Å². The Labute approximate surface area is 139 Å². The number of aromatic nitrogens is 2. The number of fused-ring (bicyclic) bond motifs is 1. The molecule has 0 unspecified atom stereocenters. The van der Waals surface area contributed by atoms with Crippen LogP contribution in [0.3, 0.4) is 0 Å². The Morgan fingerprint density at radius 1 is 1.08 bits per heavy atom. The zero-order valence-electron chi connectivity index (χ0n) is 13.4. The number of halogens is 1. The molecule has 0 aliphatic heterocycles. The Kier molecular flexibility index (Phi) is 5.18. The average Bonchev–Trinajstić information content (AvgIpc) is 2.58. The van der Waals surface area contributed by atoms with E-state index in [1.54, 1.807) is 19.2 Å². The smallest absolute Gasteiger partial charge is 0.229 e. The molecule has 0 saturated carbocycles. The fraction of sp³-hybridized carbons (Fsp3) is 0.222. The highest BCUT2D eigenvalue weighted by Gasteiger charge is 2.08. The lowest BCUT2D eigenvalue weighted by molar-refractivity contribution is 0.198. The molecule has 3 rings (SSSR count). The van der Waals surface area contributed by atoms with Gasteiger partial charge in [-0.3, -0.25) is 0 Å². The third-order valence-electron chi connectivity index (χ3n) is 3.50. The van der Waals surface area contributed by atoms with Gasteiger partial charge in [0.1, 0.15) is 11.6 Å². The van der Waals surface area contributed by atoms with Gasteiger partial charge in [-0.2, -0.15) is 4.98 Å². The summed E-state index contributed by atoms with van der Waals surface area (Å²) in [4.78, 5) is 9.02. The van der Waals surface area contributed by atoms with Gasteiger partial charge in [0.05, 0.1) is 5.52 Å². The van der Waals surface area contributed by atoms with Crippen molar-refractivity contribution in [1.82, 2.24) is 9.97 Å². The lowest BCUT2D eigenvalue weighted by atomic mass is 10.2. The highest BCUT2D eigenvalue weighted by molar-refractivity contribution is 5.90. The van der Waals surface area contributed by atoms with E-state index in [2.05, 4.69) is 20.6 Å². The van der Waals surface area contributed by atoms with Crippen molar-refractivity contribution < 1.29 is 9.13 Å². The van der Waals surface area contributed by atoms with Crippen LogP contribution in [0.15, 0.2) is 48.5 Å². The number of anilines is 3. The van der Waals surface area contributed by atoms with Gasteiger partial charge < -0.3 is 15.4 Å². The van der Waals surface area contributed by atoms with Crippen LogP contribution >= 0.6 is 0 Å². The van der Waals surface area contributed by atoms with E-state index in [0.717, 1.165) is 29.7 Å². The van der Waals surface area contributed by atoms with Crippen LogP contribution < -0.4 is 10.6 Å². The maximum Gasteiger partial charge on any atom is 0.229 e. The summed E-state index contributed by atoms with van der Waals surface area (Å²) in [7, 11) is 1.68. The first-order valence-corrected chi connectivity index (χ1v) is 7.78. The van der Waals surface area contributed by atoms with E-state index in [1.165, 1.54) is 12.1 Å². The molecular formula is C18H19FN4O. The zero-order chi connectivity index (χ0) is 16.8. The van der Waals surface area contributed by atoms with Crippen molar-refractivity contribution >= 4 is 28.4 Å². The number of hydrogen-bond acceptors (Lipinski definition) is 5. The first-order valence-electron chi connectivity index (χ1n) is 7.78. The molecule has 0 bridgehead atoms. The number of rotatable bonds is 7. The second-order valence-corrected chi connectivity index (χ2v) is 5.32. The Morgan fingerprint density at radius 3 is 2.79 bits per heavy atom. The second kappa shape index (κ2) is 7.70. The third-order valence-corrected chi connectivity index (χ3v) is 3.50. The third kappa shape index (κ3) is 3.97. The SMILES string of the molecule is COCCCNc1nc(Nc2cccc(F)c2)nc2ccccc12. The number of hydrogen-bond donors (Lipinski definition) is 2. The molecule has 0 saturated heterocycles. The first-order chi connectivity index (χ1) is 11.8. The van der Waals surface area contributed by atoms with Gasteiger partial charge in [-0.25, -0.2) is 9.37 Å². The number of nitrogens with one attached hydrogen (secondary N) is 2. The molecule has 124 valence electrons. The quantitative estimate of drug-likeness (QED) is 0.644. The fourth-order valence-corrected chi connectivity index (χ4v) is 2.39. The minimum atomic E-state index is -0.307. The van der Waals surface area contributed by atoms with E-state index >= 15 is 0 Å². The molecule has 6 heteroatoms. The van der Waals surface area contributed by atoms with Crippen molar-refractivity contribution in [2.24, 2.45) is 0 Å². The van der Waals surface area contributed by atoms with Crippen LogP contribution in [-0.2, 0) is 4.74 Å². The van der Waals surface area contributed by atoms with Gasteiger partial charge in [0.15, 0.2) is 0 Å². The topological polar surface area (TPSA) is 59.1 Å². The molecule has 2 N–H and O–H groups in total. The van der Waals surface area contributed by atoms with Gasteiger partial charge in [-0.15, -0.1) is 0 Å². The standard InChI is InChI=1S/C18H19FN4O/c1-24-11-5-10-20-17-15-8-2-3-9-16(15)22-18(23-17)21-14-7-4-6-13(19)12-14/h2-4,6-9,12H,5,10-11H2,1H3,(H2,20,21,22,23). The monoisotopic (exact) mass is 326 g/mol. The Morgan fingerprint density at radius 2 is 1.96 bits per heavy atom. The van der Waals surface area contributed by atoms with Crippen molar-refractivity contribution in [1.29, 1.82) is 0 Å². The summed E-state index contributed by atoms with van der Waals surface area (Å²) in [5.74, 6) is 0.864. The summed E-state index contributed by atoms with van der Waals surface area (Å²) in [5, 5.41) is 7.31. The molecule has 0 radical (unpaired) electrons. The summed E-state index contributed by atoms with van der Waals surface area (Å²) in [6.45, 7) is 1.43. The van der Waals surface area contributed by atoms with Gasteiger partial charge in [0.25, 0.3) is 0 Å². The predicted molar refractivity (Wildman–Crippen MR) is 94.2 cm³/mol. The minimum Gasteiger partial charge on any atom is -0.385 e. The van der Waals surface area contributed by atoms with Crippen molar-refractivity contribution in [3.63, 3.8) is 0 Å². The number of methoxy groups -OCH3 is 1. The normalized spacial score (nSPS) is 10.8. The van der Waals surface area contributed by atoms with Crippen LogP contribution in [0.25, 0.3) is 10.9 Å². The van der Waals surface area contributed by atoms with Crippen LogP contribution in [0.2, 0.25) is 0 Å². The fourth-order valence-electron chi connectivity index (χ4n) is 2.39. The molecule has 24 heavy (non-hydrogen) atoms. The van der Waals surface area contributed by atoms with Crippen molar-refractivity contribution in [3.05, 3.63) is 54.3 Å². The van der Waals surface area contributed by atoms with E-state index in [4.69, 9.17) is 4.74 Å². The first kappa shape index (κ1) is 16.1.